The average molecular weight is 423 g/mol. The van der Waals surface area contributed by atoms with E-state index in [1.165, 1.54) is 18.3 Å². The van der Waals surface area contributed by atoms with Gasteiger partial charge in [0.2, 0.25) is 0 Å². The first-order valence-corrected chi connectivity index (χ1v) is 9.42. The molecule has 0 spiro atoms. The second-order valence-electron chi connectivity index (χ2n) is 6.52. The number of hydrogen-bond donors (Lipinski definition) is 3. The van der Waals surface area contributed by atoms with Crippen molar-refractivity contribution in [1.82, 2.24) is 4.98 Å². The second-order valence-corrected chi connectivity index (χ2v) is 6.93. The number of nitrogens with zero attached hydrogens (tertiary/aromatic N) is 2. The molecule has 0 unspecified atom stereocenters. The van der Waals surface area contributed by atoms with E-state index in [9.17, 15) is 9.65 Å². The average Bonchev–Trinajstić information content (AvgIpc) is 3.23. The summed E-state index contributed by atoms with van der Waals surface area (Å²) >= 11 is 5.88. The predicted octanol–water partition coefficient (Wildman–Crippen LogP) is 5.34. The molecule has 0 amide bonds. The molecule has 6 nitrogen and oxygen atoms in total. The number of halogens is 2. The Morgan fingerprint density at radius 1 is 1.10 bits per heavy atom. The number of aromatic nitrogens is 1. The van der Waals surface area contributed by atoms with Crippen molar-refractivity contribution < 1.29 is 13.9 Å². The van der Waals surface area contributed by atoms with Crippen LogP contribution in [0.25, 0.3) is 10.9 Å². The molecular formula is C22H16ClFN4O2. The third-order valence-corrected chi connectivity index (χ3v) is 4.81. The molecule has 0 radical (unpaired) electrons. The number of fused-ring (bicyclic) bond motifs is 1. The Morgan fingerprint density at radius 2 is 1.90 bits per heavy atom. The minimum Gasteiger partial charge on any atom is -0.462 e. The first-order valence-electron chi connectivity index (χ1n) is 9.04. The Bertz CT molecular complexity index is 1270. The van der Waals surface area contributed by atoms with Crippen LogP contribution in [0.4, 0.5) is 21.5 Å². The summed E-state index contributed by atoms with van der Waals surface area (Å²) in [6.45, 7) is 0.272. The quantitative estimate of drug-likeness (QED) is 0.388. The van der Waals surface area contributed by atoms with Gasteiger partial charge in [0.25, 0.3) is 0 Å². The summed E-state index contributed by atoms with van der Waals surface area (Å²) in [6, 6.07) is 15.5. The lowest BCUT2D eigenvalue weighted by molar-refractivity contribution is 0.244. The van der Waals surface area contributed by atoms with Gasteiger partial charge in [-0.05, 0) is 48.5 Å². The molecule has 2 heterocycles. The van der Waals surface area contributed by atoms with Gasteiger partial charge in [0.15, 0.2) is 0 Å². The SMILES string of the molecule is N#Cc1cnc2ccc(NCc3ccc(CO)o3)cc2c1Nc1ccc(F)c(Cl)c1. The molecule has 0 aliphatic rings. The van der Waals surface area contributed by atoms with Gasteiger partial charge in [-0.15, -0.1) is 0 Å². The van der Waals surface area contributed by atoms with Crippen molar-refractivity contribution in [2.45, 2.75) is 13.2 Å². The van der Waals surface area contributed by atoms with Crippen molar-refractivity contribution in [3.63, 3.8) is 0 Å². The molecule has 2 aromatic heterocycles. The Balaban J connectivity index is 1.67. The number of benzene rings is 2. The molecule has 4 rings (SSSR count). The Hall–Kier alpha value is -3.60. The fourth-order valence-electron chi connectivity index (χ4n) is 3.03. The number of aliphatic hydroxyl groups is 1. The fraction of sp³-hybridized carbons (Fsp3) is 0.0909. The Kier molecular flexibility index (Phi) is 5.53. The summed E-state index contributed by atoms with van der Waals surface area (Å²) in [4.78, 5) is 4.34. The molecule has 0 bridgehead atoms. The van der Waals surface area contributed by atoms with Crippen LogP contribution < -0.4 is 10.6 Å². The number of hydrogen-bond acceptors (Lipinski definition) is 6. The highest BCUT2D eigenvalue weighted by atomic mass is 35.5. The van der Waals surface area contributed by atoms with Gasteiger partial charge >= 0.3 is 0 Å². The van der Waals surface area contributed by atoms with Crippen LogP contribution in [-0.2, 0) is 13.2 Å². The minimum absolute atomic E-state index is 0.0140. The van der Waals surface area contributed by atoms with Gasteiger partial charge in [0, 0.05) is 23.0 Å². The monoisotopic (exact) mass is 422 g/mol. The largest absolute Gasteiger partial charge is 0.462 e. The third kappa shape index (κ3) is 4.06. The maximum Gasteiger partial charge on any atom is 0.141 e. The molecule has 8 heteroatoms. The molecule has 0 aliphatic heterocycles. The number of aliphatic hydroxyl groups excluding tert-OH is 1. The van der Waals surface area contributed by atoms with Crippen molar-refractivity contribution in [2.75, 3.05) is 10.6 Å². The zero-order valence-corrected chi connectivity index (χ0v) is 16.4. The maximum atomic E-state index is 13.5. The molecule has 0 atom stereocenters. The van der Waals surface area contributed by atoms with E-state index in [4.69, 9.17) is 21.1 Å². The van der Waals surface area contributed by atoms with Crippen molar-refractivity contribution in [3.05, 3.63) is 82.7 Å². The first-order chi connectivity index (χ1) is 14.6. The lowest BCUT2D eigenvalue weighted by Gasteiger charge is -2.13. The Labute approximate surface area is 176 Å². The maximum absolute atomic E-state index is 13.5. The van der Waals surface area contributed by atoms with Crippen molar-refractivity contribution >= 4 is 39.6 Å². The van der Waals surface area contributed by atoms with E-state index in [0.29, 0.717) is 40.5 Å². The topological polar surface area (TPSA) is 94.1 Å². The molecule has 4 aromatic rings. The predicted molar refractivity (Wildman–Crippen MR) is 113 cm³/mol. The number of furan rings is 1. The van der Waals surface area contributed by atoms with Crippen LogP contribution in [0.15, 0.2) is 59.1 Å². The standard InChI is InChI=1S/C22H16ClFN4O2/c23-19-8-15(1-5-20(19)24)28-22-13(9-25)10-27-21-6-2-14(7-18(21)22)26-11-16-3-4-17(12-29)30-16/h1-8,10,26,29H,11-12H2,(H,27,28). The summed E-state index contributed by atoms with van der Waals surface area (Å²) in [6.07, 6.45) is 1.49. The lowest BCUT2D eigenvalue weighted by atomic mass is 10.1. The van der Waals surface area contributed by atoms with Gasteiger partial charge in [-0.3, -0.25) is 4.98 Å². The second kappa shape index (κ2) is 8.41. The number of rotatable bonds is 6. The van der Waals surface area contributed by atoms with Crippen LogP contribution in [0.3, 0.4) is 0 Å². The van der Waals surface area contributed by atoms with Crippen molar-refractivity contribution in [1.29, 1.82) is 5.26 Å². The minimum atomic E-state index is -0.518. The van der Waals surface area contributed by atoms with E-state index in [1.54, 1.807) is 18.2 Å². The van der Waals surface area contributed by atoms with Crippen LogP contribution in [0.1, 0.15) is 17.1 Å². The summed E-state index contributed by atoms with van der Waals surface area (Å²) in [5.74, 6) is 0.663. The number of nitrogens with one attached hydrogen (secondary N) is 2. The van der Waals surface area contributed by atoms with Crippen molar-refractivity contribution in [3.8, 4) is 6.07 Å². The highest BCUT2D eigenvalue weighted by Gasteiger charge is 2.12. The van der Waals surface area contributed by atoms with Gasteiger partial charge in [0.1, 0.15) is 30.0 Å². The summed E-state index contributed by atoms with van der Waals surface area (Å²) < 4.78 is 19.0. The van der Waals surface area contributed by atoms with Gasteiger partial charge in [-0.25, -0.2) is 4.39 Å². The highest BCUT2D eigenvalue weighted by Crippen LogP contribution is 2.32. The summed E-state index contributed by atoms with van der Waals surface area (Å²) in [5, 5.41) is 25.8. The van der Waals surface area contributed by atoms with Crippen molar-refractivity contribution in [2.24, 2.45) is 0 Å². The molecule has 0 saturated carbocycles. The lowest BCUT2D eigenvalue weighted by Crippen LogP contribution is -2.00. The molecule has 0 fully saturated rings. The van der Waals surface area contributed by atoms with Crippen LogP contribution in [0.5, 0.6) is 0 Å². The molecule has 0 aliphatic carbocycles. The van der Waals surface area contributed by atoms with Crippen LogP contribution in [-0.4, -0.2) is 10.1 Å². The van der Waals surface area contributed by atoms with E-state index in [2.05, 4.69) is 21.7 Å². The smallest absolute Gasteiger partial charge is 0.141 e. The van der Waals surface area contributed by atoms with Gasteiger partial charge in [-0.1, -0.05) is 11.6 Å². The zero-order valence-electron chi connectivity index (χ0n) is 15.6. The van der Waals surface area contributed by atoms with E-state index < -0.39 is 5.82 Å². The highest BCUT2D eigenvalue weighted by molar-refractivity contribution is 6.31. The van der Waals surface area contributed by atoms with Crippen LogP contribution in [0.2, 0.25) is 5.02 Å². The zero-order chi connectivity index (χ0) is 21.1. The van der Waals surface area contributed by atoms with Gasteiger partial charge < -0.3 is 20.2 Å². The van der Waals surface area contributed by atoms with Gasteiger partial charge in [-0.2, -0.15) is 5.26 Å². The normalized spacial score (nSPS) is 10.7. The Morgan fingerprint density at radius 3 is 2.63 bits per heavy atom. The first kappa shape index (κ1) is 19.7. The molecule has 150 valence electrons. The number of nitriles is 1. The van der Waals surface area contributed by atoms with E-state index in [-0.39, 0.29) is 11.6 Å². The molecule has 3 N–H and O–H groups in total. The van der Waals surface area contributed by atoms with E-state index in [1.807, 2.05) is 18.2 Å². The molecule has 0 saturated heterocycles. The fourth-order valence-corrected chi connectivity index (χ4v) is 3.21. The molecule has 30 heavy (non-hydrogen) atoms. The van der Waals surface area contributed by atoms with Crippen LogP contribution in [0, 0.1) is 17.1 Å². The molecular weight excluding hydrogens is 407 g/mol. The third-order valence-electron chi connectivity index (χ3n) is 4.52. The number of anilines is 3. The van der Waals surface area contributed by atoms with E-state index >= 15 is 0 Å². The van der Waals surface area contributed by atoms with Crippen LogP contribution >= 0.6 is 11.6 Å². The van der Waals surface area contributed by atoms with E-state index in [0.717, 1.165) is 11.1 Å². The van der Waals surface area contributed by atoms with Gasteiger partial charge in [0.05, 0.1) is 28.3 Å². The molecule has 2 aromatic carbocycles. The summed E-state index contributed by atoms with van der Waals surface area (Å²) in [7, 11) is 0. The number of pyridine rings is 1. The summed E-state index contributed by atoms with van der Waals surface area (Å²) in [5.41, 5.74) is 2.93.